The molecular formula is C25H22N4O8S. The van der Waals surface area contributed by atoms with Gasteiger partial charge in [-0.25, -0.2) is 4.79 Å². The fourth-order valence-corrected chi connectivity index (χ4v) is 3.74. The van der Waals surface area contributed by atoms with E-state index in [1.54, 1.807) is 6.07 Å². The van der Waals surface area contributed by atoms with Gasteiger partial charge in [0.1, 0.15) is 12.4 Å². The quantitative estimate of drug-likeness (QED) is 0.153. The molecule has 6 N–H and O–H groups in total. The van der Waals surface area contributed by atoms with Crippen molar-refractivity contribution in [3.8, 4) is 11.1 Å². The average Bonchev–Trinajstić information content (AvgIpc) is 2.86. The summed E-state index contributed by atoms with van der Waals surface area (Å²) in [7, 11) is -4.13. The Morgan fingerprint density at radius 1 is 0.895 bits per heavy atom. The Balaban J connectivity index is 2.09. The number of benzene rings is 3. The van der Waals surface area contributed by atoms with E-state index < -0.39 is 40.4 Å². The van der Waals surface area contributed by atoms with Crippen LogP contribution in [0.5, 0.6) is 0 Å². The Labute approximate surface area is 217 Å². The topological polar surface area (TPSA) is 206 Å². The first kappa shape index (κ1) is 27.5. The summed E-state index contributed by atoms with van der Waals surface area (Å²) in [5, 5.41) is 21.2. The summed E-state index contributed by atoms with van der Waals surface area (Å²) < 4.78 is 27.6. The lowest BCUT2D eigenvalue weighted by molar-refractivity contribution is -0.135. The molecule has 0 atom stereocenters. The predicted molar refractivity (Wildman–Crippen MR) is 138 cm³/mol. The van der Waals surface area contributed by atoms with Gasteiger partial charge in [0.15, 0.2) is 0 Å². The summed E-state index contributed by atoms with van der Waals surface area (Å²) >= 11 is 0. The summed E-state index contributed by atoms with van der Waals surface area (Å²) in [6.07, 6.45) is 0.717. The molecule has 3 rings (SSSR count). The maximum Gasteiger partial charge on any atom is 0.354 e. The van der Waals surface area contributed by atoms with Crippen LogP contribution in [0.25, 0.3) is 11.1 Å². The number of aliphatic carboxylic acids is 1. The summed E-state index contributed by atoms with van der Waals surface area (Å²) in [4.78, 5) is 49.3. The first-order chi connectivity index (χ1) is 17.9. The Hall–Kier alpha value is -5.04. The van der Waals surface area contributed by atoms with Gasteiger partial charge in [-0.05, 0) is 53.6 Å². The number of carbonyl (C=O) groups is 4. The Kier molecular flexibility index (Phi) is 8.23. The SMILES string of the molecule is CS(=O)(=O)OC(=O)c1ccccc1-c1ccc(C(=O)NCC(=O)O)cc1C(=O)Nc1ccc(C(=N)N)cc1. The number of carboxylic acid groups (broad SMARTS) is 1. The van der Waals surface area contributed by atoms with E-state index in [4.69, 9.17) is 16.2 Å². The molecule has 0 radical (unpaired) electrons. The van der Waals surface area contributed by atoms with Gasteiger partial charge in [0.05, 0.1) is 11.8 Å². The molecule has 0 aromatic heterocycles. The maximum absolute atomic E-state index is 13.4. The van der Waals surface area contributed by atoms with Gasteiger partial charge in [-0.2, -0.15) is 8.42 Å². The van der Waals surface area contributed by atoms with Crippen LogP contribution in [0, 0.1) is 5.41 Å². The molecule has 12 nitrogen and oxygen atoms in total. The van der Waals surface area contributed by atoms with Gasteiger partial charge in [-0.1, -0.05) is 24.3 Å². The van der Waals surface area contributed by atoms with Crippen LogP contribution in [0.2, 0.25) is 0 Å². The van der Waals surface area contributed by atoms with Crippen LogP contribution in [-0.4, -0.2) is 55.9 Å². The second kappa shape index (κ2) is 11.3. The molecule has 3 aromatic rings. The van der Waals surface area contributed by atoms with Crippen molar-refractivity contribution >= 4 is 45.4 Å². The summed E-state index contributed by atoms with van der Waals surface area (Å²) in [6.45, 7) is -0.648. The molecule has 0 saturated carbocycles. The number of amidine groups is 1. The third-order valence-electron chi connectivity index (χ3n) is 5.04. The molecule has 13 heteroatoms. The number of carbonyl (C=O) groups excluding carboxylic acids is 3. The van der Waals surface area contributed by atoms with Crippen molar-refractivity contribution < 1.29 is 36.9 Å². The van der Waals surface area contributed by atoms with Crippen LogP contribution in [0.15, 0.2) is 66.7 Å². The molecule has 3 aromatic carbocycles. The van der Waals surface area contributed by atoms with Gasteiger partial charge < -0.3 is 25.7 Å². The number of hydrogen-bond acceptors (Lipinski definition) is 8. The number of hydrogen-bond donors (Lipinski definition) is 5. The normalized spacial score (nSPS) is 10.8. The van der Waals surface area contributed by atoms with Crippen LogP contribution < -0.4 is 16.4 Å². The molecule has 0 heterocycles. The zero-order chi connectivity index (χ0) is 28.0. The summed E-state index contributed by atoms with van der Waals surface area (Å²) in [5.41, 5.74) is 6.25. The molecule has 0 fully saturated rings. The molecule has 0 aliphatic carbocycles. The number of amides is 2. The van der Waals surface area contributed by atoms with Gasteiger partial charge in [0.2, 0.25) is 0 Å². The molecular weight excluding hydrogens is 516 g/mol. The molecule has 0 unspecified atom stereocenters. The van der Waals surface area contributed by atoms with Crippen LogP contribution in [0.3, 0.4) is 0 Å². The number of carboxylic acids is 1. The summed E-state index contributed by atoms with van der Waals surface area (Å²) in [5.74, 6) is -4.06. The molecule has 0 aliphatic heterocycles. The van der Waals surface area contributed by atoms with E-state index in [9.17, 15) is 27.6 Å². The first-order valence-electron chi connectivity index (χ1n) is 10.8. The van der Waals surface area contributed by atoms with Crippen LogP contribution in [0.1, 0.15) is 36.6 Å². The lowest BCUT2D eigenvalue weighted by Crippen LogP contribution is -2.29. The zero-order valence-corrected chi connectivity index (χ0v) is 20.7. The minimum absolute atomic E-state index is 0.0386. The number of anilines is 1. The van der Waals surface area contributed by atoms with E-state index in [1.807, 2.05) is 0 Å². The first-order valence-corrected chi connectivity index (χ1v) is 12.6. The van der Waals surface area contributed by atoms with E-state index in [1.165, 1.54) is 60.7 Å². The minimum Gasteiger partial charge on any atom is -0.480 e. The Morgan fingerprint density at radius 3 is 2.11 bits per heavy atom. The minimum atomic E-state index is -4.13. The molecule has 38 heavy (non-hydrogen) atoms. The third kappa shape index (κ3) is 7.01. The van der Waals surface area contributed by atoms with E-state index in [2.05, 4.69) is 14.8 Å². The van der Waals surface area contributed by atoms with Crippen molar-refractivity contribution in [2.75, 3.05) is 18.1 Å². The molecule has 0 saturated heterocycles. The zero-order valence-electron chi connectivity index (χ0n) is 19.8. The monoisotopic (exact) mass is 538 g/mol. The van der Waals surface area contributed by atoms with Gasteiger partial charge in [0, 0.05) is 22.4 Å². The van der Waals surface area contributed by atoms with Crippen LogP contribution >= 0.6 is 0 Å². The molecule has 2 amide bonds. The lowest BCUT2D eigenvalue weighted by Gasteiger charge is -2.15. The fraction of sp³-hybridized carbons (Fsp3) is 0.0800. The molecule has 196 valence electrons. The van der Waals surface area contributed by atoms with Gasteiger partial charge >= 0.3 is 22.1 Å². The maximum atomic E-state index is 13.4. The molecule has 0 aliphatic rings. The van der Waals surface area contributed by atoms with E-state index in [-0.39, 0.29) is 33.7 Å². The second-order valence-corrected chi connectivity index (χ2v) is 9.48. The Bertz CT molecular complexity index is 1550. The molecule has 0 bridgehead atoms. The number of nitrogens with two attached hydrogens (primary N) is 1. The van der Waals surface area contributed by atoms with Gasteiger partial charge in [-0.3, -0.25) is 19.8 Å². The van der Waals surface area contributed by atoms with Crippen molar-refractivity contribution in [3.05, 3.63) is 89.0 Å². The Morgan fingerprint density at radius 2 is 1.50 bits per heavy atom. The van der Waals surface area contributed by atoms with Crippen molar-refractivity contribution in [2.45, 2.75) is 0 Å². The van der Waals surface area contributed by atoms with Crippen molar-refractivity contribution in [1.82, 2.24) is 5.32 Å². The van der Waals surface area contributed by atoms with Crippen LogP contribution in [-0.2, 0) is 19.1 Å². The smallest absolute Gasteiger partial charge is 0.354 e. The summed E-state index contributed by atoms with van der Waals surface area (Å²) in [6, 6.07) is 15.8. The average molecular weight is 539 g/mol. The molecule has 0 spiro atoms. The highest BCUT2D eigenvalue weighted by molar-refractivity contribution is 7.86. The van der Waals surface area contributed by atoms with Gasteiger partial charge in [0.25, 0.3) is 11.8 Å². The van der Waals surface area contributed by atoms with Crippen molar-refractivity contribution in [2.24, 2.45) is 5.73 Å². The third-order valence-corrected chi connectivity index (χ3v) is 5.50. The van der Waals surface area contributed by atoms with Crippen molar-refractivity contribution in [1.29, 1.82) is 5.41 Å². The number of nitrogens with one attached hydrogen (secondary N) is 3. The second-order valence-electron chi connectivity index (χ2n) is 7.90. The standard InChI is InChI=1S/C25H22N4O8S/c1-38(35,36)37-25(34)19-5-3-2-4-17(19)18-11-8-15(23(32)28-13-21(30)31)12-20(18)24(33)29-16-9-6-14(7-10-16)22(26)27/h2-12H,13H2,1H3,(H3,26,27)(H,28,32)(H,29,33)(H,30,31). The van der Waals surface area contributed by atoms with E-state index in [0.717, 1.165) is 0 Å². The van der Waals surface area contributed by atoms with E-state index in [0.29, 0.717) is 17.5 Å². The predicted octanol–water partition coefficient (Wildman–Crippen LogP) is 1.82. The number of rotatable bonds is 9. The fourth-order valence-electron chi connectivity index (χ4n) is 3.38. The van der Waals surface area contributed by atoms with Crippen LogP contribution in [0.4, 0.5) is 5.69 Å². The lowest BCUT2D eigenvalue weighted by atomic mass is 9.93. The van der Waals surface area contributed by atoms with Crippen molar-refractivity contribution in [3.63, 3.8) is 0 Å². The van der Waals surface area contributed by atoms with E-state index >= 15 is 0 Å². The highest BCUT2D eigenvalue weighted by atomic mass is 32.2. The highest BCUT2D eigenvalue weighted by Crippen LogP contribution is 2.30. The number of nitrogen functional groups attached to an aromatic ring is 1. The highest BCUT2D eigenvalue weighted by Gasteiger charge is 2.23. The van der Waals surface area contributed by atoms with Gasteiger partial charge in [-0.15, -0.1) is 0 Å². The largest absolute Gasteiger partial charge is 0.480 e.